The molecule has 3 atom stereocenters. The number of nitrogens with zero attached hydrogens (tertiary/aromatic N) is 2. The Labute approximate surface area is 103 Å². The third-order valence-electron chi connectivity index (χ3n) is 3.66. The van der Waals surface area contributed by atoms with Crippen molar-refractivity contribution in [3.05, 3.63) is 23.9 Å². The van der Waals surface area contributed by atoms with Gasteiger partial charge in [-0.3, -0.25) is 0 Å². The van der Waals surface area contributed by atoms with Crippen LogP contribution in [-0.2, 0) is 0 Å². The number of aromatic nitrogens is 1. The zero-order chi connectivity index (χ0) is 12.4. The molecule has 1 aromatic heterocycles. The number of anilines is 1. The molecule has 0 aromatic carbocycles. The number of aliphatic hydroxyl groups excluding tert-OH is 1. The lowest BCUT2D eigenvalue weighted by atomic mass is 9.94. The lowest BCUT2D eigenvalue weighted by Crippen LogP contribution is -2.42. The lowest BCUT2D eigenvalue weighted by Gasteiger charge is -2.38. The van der Waals surface area contributed by atoms with Crippen LogP contribution in [0.1, 0.15) is 45.3 Å². The van der Waals surface area contributed by atoms with Gasteiger partial charge in [-0.05, 0) is 38.7 Å². The van der Waals surface area contributed by atoms with Gasteiger partial charge in [0.25, 0.3) is 0 Å². The molecule has 0 amide bonds. The number of rotatable bonds is 2. The molecule has 1 aromatic rings. The van der Waals surface area contributed by atoms with E-state index in [1.807, 2.05) is 18.3 Å². The highest BCUT2D eigenvalue weighted by atomic mass is 16.3. The summed E-state index contributed by atoms with van der Waals surface area (Å²) in [6.45, 7) is 7.37. The van der Waals surface area contributed by atoms with Gasteiger partial charge in [0.2, 0.25) is 0 Å². The maximum atomic E-state index is 9.82. The molecule has 0 bridgehead atoms. The van der Waals surface area contributed by atoms with E-state index in [0.29, 0.717) is 12.0 Å². The predicted molar refractivity (Wildman–Crippen MR) is 70.1 cm³/mol. The van der Waals surface area contributed by atoms with Crippen LogP contribution in [0.2, 0.25) is 0 Å². The topological polar surface area (TPSA) is 36.4 Å². The minimum absolute atomic E-state index is 0.455. The van der Waals surface area contributed by atoms with E-state index in [-0.39, 0.29) is 0 Å². The van der Waals surface area contributed by atoms with Crippen LogP contribution in [0.4, 0.5) is 5.82 Å². The van der Waals surface area contributed by atoms with Crippen molar-refractivity contribution in [1.82, 2.24) is 4.98 Å². The number of hydrogen-bond donors (Lipinski definition) is 1. The average molecular weight is 234 g/mol. The molecule has 0 spiro atoms. The first-order chi connectivity index (χ1) is 8.09. The maximum Gasteiger partial charge on any atom is 0.134 e. The summed E-state index contributed by atoms with van der Waals surface area (Å²) in [5, 5.41) is 9.82. The number of aliphatic hydroxyl groups is 1. The van der Waals surface area contributed by atoms with E-state index in [1.54, 1.807) is 6.92 Å². The largest absolute Gasteiger partial charge is 0.389 e. The predicted octanol–water partition coefficient (Wildman–Crippen LogP) is 2.76. The van der Waals surface area contributed by atoms with E-state index >= 15 is 0 Å². The molecule has 1 N–H and O–H groups in total. The zero-order valence-corrected chi connectivity index (χ0v) is 10.9. The SMILES string of the molecule is CC1CCC(C)N(c2ncccc2C(C)O)C1. The average Bonchev–Trinajstić information content (AvgIpc) is 2.32. The fourth-order valence-corrected chi connectivity index (χ4v) is 2.56. The van der Waals surface area contributed by atoms with Crippen LogP contribution in [0.15, 0.2) is 18.3 Å². The van der Waals surface area contributed by atoms with Crippen molar-refractivity contribution in [2.45, 2.75) is 45.8 Å². The Balaban J connectivity index is 2.31. The van der Waals surface area contributed by atoms with Gasteiger partial charge in [-0.25, -0.2) is 4.98 Å². The third kappa shape index (κ3) is 2.60. The van der Waals surface area contributed by atoms with Crippen LogP contribution < -0.4 is 4.90 Å². The number of hydrogen-bond acceptors (Lipinski definition) is 3. The van der Waals surface area contributed by atoms with Crippen LogP contribution in [0, 0.1) is 5.92 Å². The highest BCUT2D eigenvalue weighted by Gasteiger charge is 2.26. The molecule has 17 heavy (non-hydrogen) atoms. The third-order valence-corrected chi connectivity index (χ3v) is 3.66. The van der Waals surface area contributed by atoms with E-state index in [0.717, 1.165) is 17.9 Å². The van der Waals surface area contributed by atoms with E-state index in [9.17, 15) is 5.11 Å². The van der Waals surface area contributed by atoms with E-state index in [4.69, 9.17) is 0 Å². The second-order valence-corrected chi connectivity index (χ2v) is 5.28. The summed E-state index contributed by atoms with van der Waals surface area (Å²) in [6, 6.07) is 4.38. The van der Waals surface area contributed by atoms with Gasteiger partial charge in [-0.1, -0.05) is 13.0 Å². The van der Waals surface area contributed by atoms with E-state index in [1.165, 1.54) is 12.8 Å². The Morgan fingerprint density at radius 1 is 1.41 bits per heavy atom. The standard InChI is InChI=1S/C14H22N2O/c1-10-6-7-11(2)16(9-10)14-13(12(3)17)5-4-8-15-14/h4-5,8,10-12,17H,6-7,9H2,1-3H3. The molecule has 0 aliphatic carbocycles. The minimum Gasteiger partial charge on any atom is -0.389 e. The van der Waals surface area contributed by atoms with Crippen LogP contribution in [0.5, 0.6) is 0 Å². The highest BCUT2D eigenvalue weighted by molar-refractivity contribution is 5.49. The lowest BCUT2D eigenvalue weighted by molar-refractivity contribution is 0.198. The van der Waals surface area contributed by atoms with Crippen molar-refractivity contribution in [2.24, 2.45) is 5.92 Å². The monoisotopic (exact) mass is 234 g/mol. The molecule has 2 heterocycles. The van der Waals surface area contributed by atoms with Gasteiger partial charge >= 0.3 is 0 Å². The number of pyridine rings is 1. The van der Waals surface area contributed by atoms with Crippen LogP contribution >= 0.6 is 0 Å². The Morgan fingerprint density at radius 3 is 2.88 bits per heavy atom. The van der Waals surface area contributed by atoms with Crippen molar-refractivity contribution >= 4 is 5.82 Å². The summed E-state index contributed by atoms with van der Waals surface area (Å²) >= 11 is 0. The first kappa shape index (κ1) is 12.4. The molecule has 1 fully saturated rings. The van der Waals surface area contributed by atoms with Gasteiger partial charge in [0, 0.05) is 24.3 Å². The summed E-state index contributed by atoms with van der Waals surface area (Å²) in [5.74, 6) is 1.66. The van der Waals surface area contributed by atoms with Gasteiger partial charge < -0.3 is 10.0 Å². The Bertz CT molecular complexity index is 378. The first-order valence-electron chi connectivity index (χ1n) is 6.49. The fraction of sp³-hybridized carbons (Fsp3) is 0.643. The maximum absolute atomic E-state index is 9.82. The smallest absolute Gasteiger partial charge is 0.134 e. The van der Waals surface area contributed by atoms with Crippen LogP contribution in [0.25, 0.3) is 0 Å². The second kappa shape index (κ2) is 5.05. The summed E-state index contributed by atoms with van der Waals surface area (Å²) < 4.78 is 0. The van der Waals surface area contributed by atoms with E-state index < -0.39 is 6.10 Å². The van der Waals surface area contributed by atoms with Crippen molar-refractivity contribution in [3.8, 4) is 0 Å². The van der Waals surface area contributed by atoms with Gasteiger partial charge in [0.15, 0.2) is 0 Å². The van der Waals surface area contributed by atoms with Gasteiger partial charge in [-0.2, -0.15) is 0 Å². The molecular formula is C14H22N2O. The molecule has 1 aliphatic rings. The molecule has 3 unspecified atom stereocenters. The molecule has 94 valence electrons. The van der Waals surface area contributed by atoms with Crippen LogP contribution in [-0.4, -0.2) is 22.7 Å². The van der Waals surface area contributed by atoms with Gasteiger partial charge in [0.05, 0.1) is 6.10 Å². The summed E-state index contributed by atoms with van der Waals surface area (Å²) in [5.41, 5.74) is 0.938. The fourth-order valence-electron chi connectivity index (χ4n) is 2.56. The molecule has 3 heteroatoms. The van der Waals surface area contributed by atoms with Gasteiger partial charge in [0.1, 0.15) is 5.82 Å². The zero-order valence-electron chi connectivity index (χ0n) is 10.9. The van der Waals surface area contributed by atoms with Crippen molar-refractivity contribution in [2.75, 3.05) is 11.4 Å². The second-order valence-electron chi connectivity index (χ2n) is 5.28. The molecule has 1 saturated heterocycles. The quantitative estimate of drug-likeness (QED) is 0.854. The Hall–Kier alpha value is -1.09. The van der Waals surface area contributed by atoms with Gasteiger partial charge in [-0.15, -0.1) is 0 Å². The van der Waals surface area contributed by atoms with Crippen molar-refractivity contribution in [3.63, 3.8) is 0 Å². The summed E-state index contributed by atoms with van der Waals surface area (Å²) in [7, 11) is 0. The van der Waals surface area contributed by atoms with Crippen molar-refractivity contribution < 1.29 is 5.11 Å². The Kier molecular flexibility index (Phi) is 3.67. The normalized spacial score (nSPS) is 26.9. The molecule has 2 rings (SSSR count). The summed E-state index contributed by atoms with van der Waals surface area (Å²) in [4.78, 5) is 6.82. The Morgan fingerprint density at radius 2 is 2.18 bits per heavy atom. The molecule has 1 aliphatic heterocycles. The van der Waals surface area contributed by atoms with E-state index in [2.05, 4.69) is 23.7 Å². The van der Waals surface area contributed by atoms with Crippen molar-refractivity contribution in [1.29, 1.82) is 0 Å². The molecule has 3 nitrogen and oxygen atoms in total. The van der Waals surface area contributed by atoms with Crippen LogP contribution in [0.3, 0.4) is 0 Å². The molecular weight excluding hydrogens is 212 g/mol. The highest BCUT2D eigenvalue weighted by Crippen LogP contribution is 2.30. The molecule has 0 radical (unpaired) electrons. The number of piperidine rings is 1. The summed E-state index contributed by atoms with van der Waals surface area (Å²) in [6.07, 6.45) is 3.85. The first-order valence-corrected chi connectivity index (χ1v) is 6.49. The minimum atomic E-state index is -0.455. The molecule has 0 saturated carbocycles.